The van der Waals surface area contributed by atoms with E-state index in [9.17, 15) is 0 Å². The molecular weight excluding hydrogens is 244 g/mol. The molecule has 0 heterocycles. The fraction of sp³-hybridized carbons (Fsp3) is 0.0526. The molecule has 0 aliphatic rings. The van der Waals surface area contributed by atoms with Gasteiger partial charge in [-0.05, 0) is 45.1 Å². The number of benzene rings is 4. The summed E-state index contributed by atoms with van der Waals surface area (Å²) in [6, 6.07) is 23.5. The first-order valence-corrected chi connectivity index (χ1v) is 6.75. The molecule has 0 aliphatic heterocycles. The third-order valence-corrected chi connectivity index (χ3v) is 3.91. The highest BCUT2D eigenvalue weighted by molar-refractivity contribution is 6.14. The van der Waals surface area contributed by atoms with Gasteiger partial charge < -0.3 is 4.74 Å². The standard InChI is InChI=1S/C19H14O/c1-20-18-8-4-7-13-9-10-16-11-14-5-2-3-6-15(14)12-17(16)19(13)18/h2-12H,1H3. The number of fused-ring (bicyclic) bond motifs is 4. The smallest absolute Gasteiger partial charge is 0.127 e. The minimum Gasteiger partial charge on any atom is -0.496 e. The highest BCUT2D eigenvalue weighted by Crippen LogP contribution is 2.34. The van der Waals surface area contributed by atoms with E-state index in [4.69, 9.17) is 4.74 Å². The van der Waals surface area contributed by atoms with Crippen molar-refractivity contribution in [2.45, 2.75) is 0 Å². The summed E-state index contributed by atoms with van der Waals surface area (Å²) < 4.78 is 5.55. The molecule has 0 N–H and O–H groups in total. The largest absolute Gasteiger partial charge is 0.496 e. The fourth-order valence-electron chi connectivity index (χ4n) is 2.94. The van der Waals surface area contributed by atoms with E-state index in [-0.39, 0.29) is 0 Å². The van der Waals surface area contributed by atoms with Gasteiger partial charge in [0.25, 0.3) is 0 Å². The Balaban J connectivity index is 2.25. The molecule has 4 aromatic carbocycles. The Kier molecular flexibility index (Phi) is 2.40. The first kappa shape index (κ1) is 11.3. The molecule has 0 aromatic heterocycles. The van der Waals surface area contributed by atoms with Gasteiger partial charge in [-0.15, -0.1) is 0 Å². The van der Waals surface area contributed by atoms with Crippen molar-refractivity contribution in [1.29, 1.82) is 0 Å². The minimum atomic E-state index is 0.934. The number of ether oxygens (including phenoxy) is 1. The molecule has 0 saturated heterocycles. The third-order valence-electron chi connectivity index (χ3n) is 3.91. The Labute approximate surface area is 117 Å². The van der Waals surface area contributed by atoms with Crippen molar-refractivity contribution in [3.05, 3.63) is 66.7 Å². The normalized spacial score (nSPS) is 11.2. The van der Waals surface area contributed by atoms with Crippen LogP contribution in [0.1, 0.15) is 0 Å². The number of hydrogen-bond donors (Lipinski definition) is 0. The third kappa shape index (κ3) is 1.56. The van der Waals surface area contributed by atoms with Gasteiger partial charge >= 0.3 is 0 Å². The van der Waals surface area contributed by atoms with Crippen LogP contribution in [-0.4, -0.2) is 7.11 Å². The predicted octanol–water partition coefficient (Wildman–Crippen LogP) is 5.15. The number of rotatable bonds is 1. The van der Waals surface area contributed by atoms with Gasteiger partial charge in [0, 0.05) is 5.39 Å². The van der Waals surface area contributed by atoms with Crippen molar-refractivity contribution in [3.63, 3.8) is 0 Å². The van der Waals surface area contributed by atoms with Crippen LogP contribution in [0.25, 0.3) is 32.3 Å². The zero-order valence-corrected chi connectivity index (χ0v) is 11.3. The van der Waals surface area contributed by atoms with Crippen LogP contribution < -0.4 is 4.74 Å². The highest BCUT2D eigenvalue weighted by atomic mass is 16.5. The molecule has 0 spiro atoms. The molecule has 1 nitrogen and oxygen atoms in total. The van der Waals surface area contributed by atoms with Crippen molar-refractivity contribution < 1.29 is 4.74 Å². The maximum absolute atomic E-state index is 5.55. The predicted molar refractivity (Wildman–Crippen MR) is 85.5 cm³/mol. The first-order chi connectivity index (χ1) is 9.86. The average Bonchev–Trinajstić information content (AvgIpc) is 2.52. The van der Waals surface area contributed by atoms with Crippen LogP contribution in [0, 0.1) is 0 Å². The van der Waals surface area contributed by atoms with Gasteiger partial charge in [0.1, 0.15) is 5.75 Å². The second kappa shape index (κ2) is 4.24. The molecule has 0 saturated carbocycles. The first-order valence-electron chi connectivity index (χ1n) is 6.75. The lowest BCUT2D eigenvalue weighted by atomic mass is 9.98. The maximum Gasteiger partial charge on any atom is 0.127 e. The fourth-order valence-corrected chi connectivity index (χ4v) is 2.94. The second-order valence-corrected chi connectivity index (χ2v) is 5.04. The molecule has 0 bridgehead atoms. The van der Waals surface area contributed by atoms with Gasteiger partial charge in [0.2, 0.25) is 0 Å². The van der Waals surface area contributed by atoms with E-state index in [1.165, 1.54) is 32.3 Å². The van der Waals surface area contributed by atoms with E-state index in [0.717, 1.165) is 5.75 Å². The van der Waals surface area contributed by atoms with Gasteiger partial charge in [-0.1, -0.05) is 48.5 Å². The molecule has 4 aromatic rings. The summed E-state index contributed by atoms with van der Waals surface area (Å²) in [7, 11) is 1.73. The van der Waals surface area contributed by atoms with E-state index >= 15 is 0 Å². The van der Waals surface area contributed by atoms with Crippen LogP contribution in [0.5, 0.6) is 5.75 Å². The van der Waals surface area contributed by atoms with Crippen LogP contribution >= 0.6 is 0 Å². The molecule has 0 aliphatic carbocycles. The Morgan fingerprint density at radius 1 is 0.650 bits per heavy atom. The zero-order chi connectivity index (χ0) is 13.5. The van der Waals surface area contributed by atoms with Crippen molar-refractivity contribution in [2.75, 3.05) is 7.11 Å². The lowest BCUT2D eigenvalue weighted by Gasteiger charge is -2.10. The monoisotopic (exact) mass is 258 g/mol. The Morgan fingerprint density at radius 3 is 2.15 bits per heavy atom. The number of methoxy groups -OCH3 is 1. The molecule has 96 valence electrons. The Hall–Kier alpha value is -2.54. The summed E-state index contributed by atoms with van der Waals surface area (Å²) in [4.78, 5) is 0. The zero-order valence-electron chi connectivity index (χ0n) is 11.3. The van der Waals surface area contributed by atoms with Crippen LogP contribution in [-0.2, 0) is 0 Å². The molecule has 0 atom stereocenters. The summed E-state index contributed by atoms with van der Waals surface area (Å²) >= 11 is 0. The molecule has 0 unspecified atom stereocenters. The van der Waals surface area contributed by atoms with E-state index in [2.05, 4.69) is 54.6 Å². The highest BCUT2D eigenvalue weighted by Gasteiger charge is 2.07. The average molecular weight is 258 g/mol. The summed E-state index contributed by atoms with van der Waals surface area (Å²) in [6.45, 7) is 0. The van der Waals surface area contributed by atoms with Crippen LogP contribution in [0.4, 0.5) is 0 Å². The topological polar surface area (TPSA) is 9.23 Å². The molecule has 0 radical (unpaired) electrons. The van der Waals surface area contributed by atoms with Gasteiger partial charge in [0.15, 0.2) is 0 Å². The minimum absolute atomic E-state index is 0.934. The summed E-state index contributed by atoms with van der Waals surface area (Å²) in [5, 5.41) is 7.44. The summed E-state index contributed by atoms with van der Waals surface area (Å²) in [5.41, 5.74) is 0. The summed E-state index contributed by atoms with van der Waals surface area (Å²) in [6.07, 6.45) is 0. The van der Waals surface area contributed by atoms with Gasteiger partial charge in [-0.2, -0.15) is 0 Å². The molecule has 0 fully saturated rings. The molecule has 0 amide bonds. The molecule has 20 heavy (non-hydrogen) atoms. The quantitative estimate of drug-likeness (QED) is 0.338. The van der Waals surface area contributed by atoms with E-state index < -0.39 is 0 Å². The Morgan fingerprint density at radius 2 is 1.35 bits per heavy atom. The van der Waals surface area contributed by atoms with Crippen molar-refractivity contribution in [1.82, 2.24) is 0 Å². The molecule has 4 rings (SSSR count). The summed E-state index contributed by atoms with van der Waals surface area (Å²) in [5.74, 6) is 0.934. The van der Waals surface area contributed by atoms with E-state index in [1.54, 1.807) is 7.11 Å². The van der Waals surface area contributed by atoms with E-state index in [1.807, 2.05) is 12.1 Å². The van der Waals surface area contributed by atoms with Crippen molar-refractivity contribution in [3.8, 4) is 5.75 Å². The van der Waals surface area contributed by atoms with Gasteiger partial charge in [0.05, 0.1) is 7.11 Å². The Bertz CT molecular complexity index is 938. The van der Waals surface area contributed by atoms with Gasteiger partial charge in [-0.3, -0.25) is 0 Å². The second-order valence-electron chi connectivity index (χ2n) is 5.04. The van der Waals surface area contributed by atoms with Gasteiger partial charge in [-0.25, -0.2) is 0 Å². The lowest BCUT2D eigenvalue weighted by molar-refractivity contribution is 0.420. The van der Waals surface area contributed by atoms with Crippen LogP contribution in [0.3, 0.4) is 0 Å². The van der Waals surface area contributed by atoms with Crippen LogP contribution in [0.15, 0.2) is 66.7 Å². The lowest BCUT2D eigenvalue weighted by Crippen LogP contribution is -1.86. The van der Waals surface area contributed by atoms with Crippen LogP contribution in [0.2, 0.25) is 0 Å². The number of hydrogen-bond acceptors (Lipinski definition) is 1. The van der Waals surface area contributed by atoms with Crippen molar-refractivity contribution >= 4 is 32.3 Å². The van der Waals surface area contributed by atoms with E-state index in [0.29, 0.717) is 0 Å². The SMILES string of the molecule is COc1cccc2ccc3cc4ccccc4cc3c12. The molecule has 1 heteroatoms. The molecular formula is C19H14O. The maximum atomic E-state index is 5.55. The van der Waals surface area contributed by atoms with Crippen molar-refractivity contribution in [2.24, 2.45) is 0 Å².